The van der Waals surface area contributed by atoms with Crippen molar-refractivity contribution >= 4 is 11.9 Å². The summed E-state index contributed by atoms with van der Waals surface area (Å²) in [6, 6.07) is 0. The molecule has 0 fully saturated rings. The molecule has 152 valence electrons. The number of hydrazine groups is 3. The molecule has 0 saturated carbocycles. The molecule has 18 heteroatoms. The molecule has 0 rings (SSSR count). The van der Waals surface area contributed by atoms with Crippen molar-refractivity contribution in [2.24, 2.45) is 0 Å². The minimum absolute atomic E-state index is 0.0539. The normalized spacial score (nSPS) is 8.62. The summed E-state index contributed by atoms with van der Waals surface area (Å²) in [5.74, 6) is -1.67. The van der Waals surface area contributed by atoms with Crippen LogP contribution in [-0.4, -0.2) is 89.3 Å². The third-order valence-corrected chi connectivity index (χ3v) is 1.67. The van der Waals surface area contributed by atoms with Crippen LogP contribution in [0.25, 0.3) is 0 Å². The lowest BCUT2D eigenvalue weighted by Crippen LogP contribution is -2.50. The van der Waals surface area contributed by atoms with E-state index in [2.05, 4.69) is 0 Å². The monoisotopic (exact) mass is 390 g/mol. The zero-order valence-electron chi connectivity index (χ0n) is 13.6. The SMILES string of the molecule is CC(=O)O.CC(=O)O.O=[N+]([O-])N(CO)CN(CN(CO)[N+](=O)[O-])[N+](=O)[O-]. The Hall–Kier alpha value is -3.54. The van der Waals surface area contributed by atoms with Gasteiger partial charge in [-0.3, -0.25) is 9.59 Å². The summed E-state index contributed by atoms with van der Waals surface area (Å²) in [5.41, 5.74) is 0. The van der Waals surface area contributed by atoms with E-state index in [-0.39, 0.29) is 15.0 Å². The maximum absolute atomic E-state index is 10.5. The van der Waals surface area contributed by atoms with Crippen molar-refractivity contribution in [1.82, 2.24) is 15.0 Å². The van der Waals surface area contributed by atoms with Crippen molar-refractivity contribution in [3.05, 3.63) is 30.3 Å². The summed E-state index contributed by atoms with van der Waals surface area (Å²) >= 11 is 0. The van der Waals surface area contributed by atoms with Gasteiger partial charge in [-0.2, -0.15) is 0 Å². The largest absolute Gasteiger partial charge is 0.481 e. The van der Waals surface area contributed by atoms with Gasteiger partial charge >= 0.3 is 0 Å². The molecular weight excluding hydrogens is 372 g/mol. The Balaban J connectivity index is -0.000000551. The molecule has 0 aromatic heterocycles. The smallest absolute Gasteiger partial charge is 0.300 e. The quantitative estimate of drug-likeness (QED) is 0.180. The first-order valence-corrected chi connectivity index (χ1v) is 6.08. The first-order valence-electron chi connectivity index (χ1n) is 6.08. The fraction of sp³-hybridized carbons (Fsp3) is 0.750. The highest BCUT2D eigenvalue weighted by Gasteiger charge is 2.29. The molecule has 26 heavy (non-hydrogen) atoms. The van der Waals surface area contributed by atoms with Crippen molar-refractivity contribution in [3.63, 3.8) is 0 Å². The van der Waals surface area contributed by atoms with E-state index in [4.69, 9.17) is 30.0 Å². The Labute approximate surface area is 144 Å². The van der Waals surface area contributed by atoms with Crippen LogP contribution in [0.2, 0.25) is 0 Å². The molecule has 0 saturated heterocycles. The van der Waals surface area contributed by atoms with Crippen LogP contribution in [-0.2, 0) is 9.59 Å². The van der Waals surface area contributed by atoms with Gasteiger partial charge in [0.15, 0.2) is 28.6 Å². The molecule has 4 N–H and O–H groups in total. The van der Waals surface area contributed by atoms with Gasteiger partial charge in [-0.1, -0.05) is 15.0 Å². The molecule has 0 spiro atoms. The molecule has 0 aliphatic rings. The van der Waals surface area contributed by atoms with Crippen molar-refractivity contribution in [3.8, 4) is 0 Å². The second kappa shape index (κ2) is 15.0. The van der Waals surface area contributed by atoms with Gasteiger partial charge in [0, 0.05) is 13.8 Å². The Morgan fingerprint density at radius 1 is 0.731 bits per heavy atom. The van der Waals surface area contributed by atoms with E-state index < -0.39 is 53.8 Å². The van der Waals surface area contributed by atoms with Gasteiger partial charge in [0.1, 0.15) is 0 Å². The number of carboxylic acid groups (broad SMARTS) is 2. The predicted octanol–water partition coefficient (Wildman–Crippen LogP) is -2.54. The van der Waals surface area contributed by atoms with Crippen molar-refractivity contribution in [2.45, 2.75) is 13.8 Å². The lowest BCUT2D eigenvalue weighted by atomic mass is 10.8. The average molecular weight is 390 g/mol. The van der Waals surface area contributed by atoms with Crippen LogP contribution in [0.5, 0.6) is 0 Å². The number of aliphatic hydroxyl groups is 2. The number of nitro groups is 3. The number of aliphatic hydroxyl groups excluding tert-OH is 2. The van der Waals surface area contributed by atoms with E-state index in [0.717, 1.165) is 13.8 Å². The molecule has 0 aliphatic carbocycles. The Bertz CT molecular complexity index is 442. The van der Waals surface area contributed by atoms with Gasteiger partial charge in [0.2, 0.25) is 13.3 Å². The molecule has 0 atom stereocenters. The highest BCUT2D eigenvalue weighted by atomic mass is 16.7. The van der Waals surface area contributed by atoms with Crippen LogP contribution < -0.4 is 0 Å². The van der Waals surface area contributed by atoms with Gasteiger partial charge in [-0.15, -0.1) is 0 Å². The summed E-state index contributed by atoms with van der Waals surface area (Å²) in [6.45, 7) is -2.06. The summed E-state index contributed by atoms with van der Waals surface area (Å²) in [7, 11) is 0. The van der Waals surface area contributed by atoms with Gasteiger partial charge in [-0.05, 0) is 0 Å². The second-order valence-corrected chi connectivity index (χ2v) is 3.84. The third kappa shape index (κ3) is 18.5. The van der Waals surface area contributed by atoms with Crippen LogP contribution in [0.15, 0.2) is 0 Å². The van der Waals surface area contributed by atoms with Crippen molar-refractivity contribution < 1.29 is 45.1 Å². The van der Waals surface area contributed by atoms with Gasteiger partial charge < -0.3 is 20.4 Å². The van der Waals surface area contributed by atoms with Crippen LogP contribution >= 0.6 is 0 Å². The lowest BCUT2D eigenvalue weighted by Gasteiger charge is -2.19. The van der Waals surface area contributed by atoms with E-state index >= 15 is 0 Å². The molecule has 0 heterocycles. The minimum Gasteiger partial charge on any atom is -0.481 e. The summed E-state index contributed by atoms with van der Waals surface area (Å²) in [6.07, 6.45) is 0. The first kappa shape index (κ1) is 27.3. The molecule has 0 radical (unpaired) electrons. The molecule has 0 bridgehead atoms. The van der Waals surface area contributed by atoms with Gasteiger partial charge in [0.25, 0.3) is 11.9 Å². The van der Waals surface area contributed by atoms with Crippen LogP contribution in [0.1, 0.15) is 13.8 Å². The molecular formula is C8H18N6O12. The van der Waals surface area contributed by atoms with Gasteiger partial charge in [-0.25, -0.2) is 30.3 Å². The summed E-state index contributed by atoms with van der Waals surface area (Å²) < 4.78 is 0. The van der Waals surface area contributed by atoms with Gasteiger partial charge in [0.05, 0.1) is 0 Å². The van der Waals surface area contributed by atoms with Crippen LogP contribution in [0, 0.1) is 30.3 Å². The van der Waals surface area contributed by atoms with Crippen LogP contribution in [0.3, 0.4) is 0 Å². The summed E-state index contributed by atoms with van der Waals surface area (Å²) in [4.78, 5) is 49.1. The van der Waals surface area contributed by atoms with E-state index in [0.29, 0.717) is 0 Å². The number of nitrogens with zero attached hydrogens (tertiary/aromatic N) is 6. The number of carboxylic acids is 2. The Morgan fingerprint density at radius 3 is 1.04 bits per heavy atom. The van der Waals surface area contributed by atoms with E-state index in [1.807, 2.05) is 0 Å². The Kier molecular flexibility index (Phi) is 15.8. The third-order valence-electron chi connectivity index (χ3n) is 1.67. The number of carbonyl (C=O) groups is 2. The Morgan fingerprint density at radius 2 is 0.923 bits per heavy atom. The number of aliphatic carboxylic acids is 2. The lowest BCUT2D eigenvalue weighted by molar-refractivity contribution is -0.741. The highest BCUT2D eigenvalue weighted by molar-refractivity contribution is 5.63. The molecule has 0 aromatic carbocycles. The average Bonchev–Trinajstić information content (AvgIpc) is 2.45. The molecule has 0 aromatic rings. The maximum atomic E-state index is 10.5. The molecule has 0 amide bonds. The van der Waals surface area contributed by atoms with E-state index in [1.165, 1.54) is 0 Å². The number of rotatable bonds is 9. The predicted molar refractivity (Wildman–Crippen MR) is 77.0 cm³/mol. The molecule has 18 nitrogen and oxygen atoms in total. The fourth-order valence-electron chi connectivity index (χ4n) is 0.821. The summed E-state index contributed by atoms with van der Waals surface area (Å²) in [5, 5.41) is 59.9. The minimum atomic E-state index is -1.13. The highest BCUT2D eigenvalue weighted by Crippen LogP contribution is 1.98. The maximum Gasteiger partial charge on any atom is 0.300 e. The van der Waals surface area contributed by atoms with Crippen LogP contribution in [0.4, 0.5) is 0 Å². The molecule has 0 unspecified atom stereocenters. The topological polar surface area (TPSA) is 254 Å². The zero-order valence-corrected chi connectivity index (χ0v) is 13.6. The fourth-order valence-corrected chi connectivity index (χ4v) is 0.821. The van der Waals surface area contributed by atoms with E-state index in [9.17, 15) is 30.3 Å². The standard InChI is InChI=1S/C4H10N6O8.2C2H4O2/c11-3-6(9(15)16)1-5(8(13)14)2-7(4-12)10(17)18;2*1-2(3)4/h11-12H,1-4H2;2*1H3,(H,3,4). The molecule has 0 aliphatic heterocycles. The zero-order chi connectivity index (χ0) is 21.4. The van der Waals surface area contributed by atoms with Crippen molar-refractivity contribution in [1.29, 1.82) is 0 Å². The number of hydrogen-bond acceptors (Lipinski definition) is 10. The van der Waals surface area contributed by atoms with Crippen molar-refractivity contribution in [2.75, 3.05) is 26.8 Å². The van der Waals surface area contributed by atoms with E-state index in [1.54, 1.807) is 0 Å². The second-order valence-electron chi connectivity index (χ2n) is 3.84. The number of hydrogen-bond donors (Lipinski definition) is 4. The first-order chi connectivity index (χ1) is 11.8.